The van der Waals surface area contributed by atoms with Gasteiger partial charge in [0.05, 0.1) is 5.69 Å². The molecule has 0 aromatic carbocycles. The molecule has 2 heterocycles. The fourth-order valence-corrected chi connectivity index (χ4v) is 2.36. The zero-order chi connectivity index (χ0) is 9.80. The van der Waals surface area contributed by atoms with Gasteiger partial charge < -0.3 is 15.1 Å². The van der Waals surface area contributed by atoms with E-state index in [1.807, 2.05) is 11.8 Å². The lowest BCUT2D eigenvalue weighted by Gasteiger charge is -2.16. The van der Waals surface area contributed by atoms with Crippen LogP contribution in [-0.2, 0) is 6.54 Å². The lowest BCUT2D eigenvalue weighted by atomic mass is 10.4. The Bertz CT molecular complexity index is 281. The van der Waals surface area contributed by atoms with Crippen LogP contribution in [0.25, 0.3) is 0 Å². The highest BCUT2D eigenvalue weighted by molar-refractivity contribution is 7.99. The molecule has 1 fully saturated rings. The van der Waals surface area contributed by atoms with Crippen molar-refractivity contribution in [1.82, 2.24) is 4.98 Å². The second-order valence-corrected chi connectivity index (χ2v) is 4.50. The van der Waals surface area contributed by atoms with Gasteiger partial charge in [-0.25, -0.2) is 0 Å². The van der Waals surface area contributed by atoms with E-state index in [1.165, 1.54) is 12.2 Å². The van der Waals surface area contributed by atoms with Crippen LogP contribution < -0.4 is 10.6 Å². The highest BCUT2D eigenvalue weighted by Crippen LogP contribution is 2.18. The van der Waals surface area contributed by atoms with E-state index in [0.29, 0.717) is 6.54 Å². The number of aromatic nitrogens is 1. The van der Waals surface area contributed by atoms with Crippen LogP contribution in [0.2, 0.25) is 0 Å². The van der Waals surface area contributed by atoms with Crippen LogP contribution in [0.4, 0.5) is 6.01 Å². The first kappa shape index (κ1) is 9.86. The van der Waals surface area contributed by atoms with Gasteiger partial charge in [0.2, 0.25) is 0 Å². The van der Waals surface area contributed by atoms with Crippen molar-refractivity contribution in [1.29, 1.82) is 0 Å². The first-order valence-electron chi connectivity index (χ1n) is 4.87. The Morgan fingerprint density at radius 1 is 1.50 bits per heavy atom. The molecule has 1 aromatic rings. The summed E-state index contributed by atoms with van der Waals surface area (Å²) in [6.07, 6.45) is 2.85. The van der Waals surface area contributed by atoms with E-state index in [-0.39, 0.29) is 0 Å². The van der Waals surface area contributed by atoms with Crippen LogP contribution in [0.15, 0.2) is 10.7 Å². The number of nitrogens with two attached hydrogens (primary N) is 1. The molecule has 0 radical (unpaired) electrons. The molecule has 2 N–H and O–H groups in total. The Hall–Kier alpha value is -0.680. The molecule has 5 heteroatoms. The monoisotopic (exact) mass is 213 g/mol. The van der Waals surface area contributed by atoms with E-state index in [0.717, 1.165) is 30.6 Å². The van der Waals surface area contributed by atoms with E-state index in [9.17, 15) is 0 Å². The highest BCUT2D eigenvalue weighted by Gasteiger charge is 2.14. The number of thioether (sulfide) groups is 1. The third-order valence-corrected chi connectivity index (χ3v) is 3.29. The Labute approximate surface area is 87.9 Å². The van der Waals surface area contributed by atoms with Crippen LogP contribution in [-0.4, -0.2) is 29.6 Å². The van der Waals surface area contributed by atoms with Crippen LogP contribution >= 0.6 is 11.8 Å². The molecular formula is C9H15N3OS. The topological polar surface area (TPSA) is 55.3 Å². The maximum atomic E-state index is 5.48. The highest BCUT2D eigenvalue weighted by atomic mass is 32.2. The number of oxazole rings is 1. The standard InChI is InChI=1S/C9H15N3OS/c10-6-8-7-13-9(11-8)12-2-1-4-14-5-3-12/h7H,1-6,10H2. The zero-order valence-electron chi connectivity index (χ0n) is 8.11. The molecule has 2 rings (SSSR count). The summed E-state index contributed by atoms with van der Waals surface area (Å²) in [4.78, 5) is 6.51. The van der Waals surface area contributed by atoms with E-state index in [2.05, 4.69) is 9.88 Å². The Kier molecular flexibility index (Phi) is 3.31. The lowest BCUT2D eigenvalue weighted by molar-refractivity contribution is 0.536. The normalized spacial score (nSPS) is 18.2. The Morgan fingerprint density at radius 2 is 2.43 bits per heavy atom. The number of nitrogens with zero attached hydrogens (tertiary/aromatic N) is 2. The molecule has 0 aliphatic carbocycles. The Morgan fingerprint density at radius 3 is 3.21 bits per heavy atom. The second-order valence-electron chi connectivity index (χ2n) is 3.28. The molecule has 0 saturated carbocycles. The molecule has 1 saturated heterocycles. The second kappa shape index (κ2) is 4.70. The predicted molar refractivity (Wildman–Crippen MR) is 58.5 cm³/mol. The van der Waals surface area contributed by atoms with E-state index in [1.54, 1.807) is 6.26 Å². The lowest BCUT2D eigenvalue weighted by Crippen LogP contribution is -2.25. The summed E-state index contributed by atoms with van der Waals surface area (Å²) >= 11 is 1.99. The van der Waals surface area contributed by atoms with Gasteiger partial charge in [0.15, 0.2) is 0 Å². The molecule has 0 atom stereocenters. The van der Waals surface area contributed by atoms with Gasteiger partial charge in [-0.1, -0.05) is 0 Å². The third-order valence-electron chi connectivity index (χ3n) is 2.24. The molecule has 78 valence electrons. The molecule has 4 nitrogen and oxygen atoms in total. The van der Waals surface area contributed by atoms with Crippen LogP contribution in [0.5, 0.6) is 0 Å². The maximum Gasteiger partial charge on any atom is 0.297 e. The summed E-state index contributed by atoms with van der Waals surface area (Å²) in [6, 6.07) is 0.730. The molecule has 1 aromatic heterocycles. The van der Waals surface area contributed by atoms with Crippen molar-refractivity contribution in [2.24, 2.45) is 5.73 Å². The zero-order valence-corrected chi connectivity index (χ0v) is 8.92. The molecule has 1 aliphatic heterocycles. The van der Waals surface area contributed by atoms with Gasteiger partial charge in [0.1, 0.15) is 6.26 Å². The van der Waals surface area contributed by atoms with Crippen LogP contribution in [0, 0.1) is 0 Å². The first-order chi connectivity index (χ1) is 6.90. The number of anilines is 1. The van der Waals surface area contributed by atoms with Gasteiger partial charge in [-0.05, 0) is 12.2 Å². The molecule has 0 unspecified atom stereocenters. The van der Waals surface area contributed by atoms with Crippen molar-refractivity contribution in [2.45, 2.75) is 13.0 Å². The van der Waals surface area contributed by atoms with Crippen molar-refractivity contribution >= 4 is 17.8 Å². The predicted octanol–water partition coefficient (Wildman–Crippen LogP) is 1.08. The average Bonchev–Trinajstić information content (AvgIpc) is 2.53. The van der Waals surface area contributed by atoms with Gasteiger partial charge in [-0.2, -0.15) is 16.7 Å². The number of hydrogen-bond donors (Lipinski definition) is 1. The summed E-state index contributed by atoms with van der Waals surface area (Å²) < 4.78 is 5.38. The SMILES string of the molecule is NCc1coc(N2CCCSCC2)n1. The number of rotatable bonds is 2. The summed E-state index contributed by atoms with van der Waals surface area (Å²) in [5.41, 5.74) is 6.31. The average molecular weight is 213 g/mol. The minimum atomic E-state index is 0.450. The first-order valence-corrected chi connectivity index (χ1v) is 6.03. The minimum absolute atomic E-state index is 0.450. The maximum absolute atomic E-state index is 5.48. The summed E-state index contributed by atoms with van der Waals surface area (Å²) in [5, 5.41) is 0. The fourth-order valence-electron chi connectivity index (χ4n) is 1.47. The van der Waals surface area contributed by atoms with Crippen molar-refractivity contribution in [3.05, 3.63) is 12.0 Å². The molecule has 1 aliphatic rings. The van der Waals surface area contributed by atoms with E-state index < -0.39 is 0 Å². The van der Waals surface area contributed by atoms with Crippen molar-refractivity contribution in [2.75, 3.05) is 29.5 Å². The van der Waals surface area contributed by atoms with Gasteiger partial charge in [0.25, 0.3) is 6.01 Å². The van der Waals surface area contributed by atoms with E-state index in [4.69, 9.17) is 10.2 Å². The molecule has 0 spiro atoms. The van der Waals surface area contributed by atoms with Gasteiger partial charge in [-0.3, -0.25) is 0 Å². The molecule has 14 heavy (non-hydrogen) atoms. The Balaban J connectivity index is 2.04. The van der Waals surface area contributed by atoms with Gasteiger partial charge in [-0.15, -0.1) is 0 Å². The van der Waals surface area contributed by atoms with Crippen molar-refractivity contribution < 1.29 is 4.42 Å². The van der Waals surface area contributed by atoms with Crippen molar-refractivity contribution in [3.8, 4) is 0 Å². The molecular weight excluding hydrogens is 198 g/mol. The smallest absolute Gasteiger partial charge is 0.297 e. The third kappa shape index (κ3) is 2.22. The van der Waals surface area contributed by atoms with Gasteiger partial charge >= 0.3 is 0 Å². The van der Waals surface area contributed by atoms with Crippen LogP contribution in [0.3, 0.4) is 0 Å². The largest absolute Gasteiger partial charge is 0.432 e. The summed E-state index contributed by atoms with van der Waals surface area (Å²) in [5.74, 6) is 2.39. The minimum Gasteiger partial charge on any atom is -0.432 e. The summed E-state index contributed by atoms with van der Waals surface area (Å²) in [6.45, 7) is 2.51. The number of hydrogen-bond acceptors (Lipinski definition) is 5. The molecule has 0 amide bonds. The fraction of sp³-hybridized carbons (Fsp3) is 0.667. The van der Waals surface area contributed by atoms with Crippen LogP contribution in [0.1, 0.15) is 12.1 Å². The quantitative estimate of drug-likeness (QED) is 0.796. The van der Waals surface area contributed by atoms with Crippen molar-refractivity contribution in [3.63, 3.8) is 0 Å². The van der Waals surface area contributed by atoms with E-state index >= 15 is 0 Å². The summed E-state index contributed by atoms with van der Waals surface area (Å²) in [7, 11) is 0. The molecule has 0 bridgehead atoms. The van der Waals surface area contributed by atoms with Gasteiger partial charge in [0, 0.05) is 25.4 Å².